The van der Waals surface area contributed by atoms with Crippen molar-refractivity contribution in [2.75, 3.05) is 71.0 Å². The van der Waals surface area contributed by atoms with Gasteiger partial charge in [-0.15, -0.1) is 0 Å². The van der Waals surface area contributed by atoms with Gasteiger partial charge in [-0.2, -0.15) is 0 Å². The van der Waals surface area contributed by atoms with Crippen LogP contribution in [0, 0.1) is 17.8 Å². The maximum Gasteiger partial charge on any atom is 0.411 e. The zero-order valence-corrected chi connectivity index (χ0v) is 53.6. The smallest absolute Gasteiger partial charge is 0.411 e. The number of carbonyl (C=O) groups excluding carboxylic acids is 10. The number of methoxy groups -OCH3 is 2. The molecule has 11 atom stereocenters. The number of aliphatic hydroxyl groups is 1. The minimum Gasteiger partial charge on any atom is -0.495 e. The molecule has 29 heteroatoms. The number of epoxide rings is 1. The highest BCUT2D eigenvalue weighted by molar-refractivity contribution is 6.35. The van der Waals surface area contributed by atoms with Gasteiger partial charge in [0.1, 0.15) is 53.4 Å². The molecule has 2 aromatic carbocycles. The first-order chi connectivity index (χ1) is 43.0. The Morgan fingerprint density at radius 1 is 0.912 bits per heavy atom. The van der Waals surface area contributed by atoms with Gasteiger partial charge < -0.3 is 74.9 Å². The monoisotopic (exact) mass is 1290 g/mol. The summed E-state index contributed by atoms with van der Waals surface area (Å²) in [5, 5.41) is 25.6. The maximum atomic E-state index is 14.4. The number of hydrogen-bond donors (Lipinski definition) is 7. The summed E-state index contributed by atoms with van der Waals surface area (Å²) in [5.74, 6) is -4.95. The Kier molecular flexibility index (Phi) is 23.6. The average Bonchev–Trinajstić information content (AvgIpc) is 1.57. The largest absolute Gasteiger partial charge is 0.495 e. The number of rotatable bonds is 25. The van der Waals surface area contributed by atoms with Crippen LogP contribution in [0.5, 0.6) is 5.75 Å². The third-order valence-corrected chi connectivity index (χ3v) is 17.2. The van der Waals surface area contributed by atoms with Crippen molar-refractivity contribution in [1.82, 2.24) is 31.1 Å². The van der Waals surface area contributed by atoms with Crippen molar-refractivity contribution in [3.8, 4) is 5.75 Å². The van der Waals surface area contributed by atoms with E-state index in [4.69, 9.17) is 55.2 Å². The van der Waals surface area contributed by atoms with Crippen molar-refractivity contribution in [3.05, 3.63) is 76.9 Å². The van der Waals surface area contributed by atoms with Crippen LogP contribution in [0.2, 0.25) is 5.02 Å². The number of alkyl carbamates (subject to hydrolysis) is 1. The van der Waals surface area contributed by atoms with Gasteiger partial charge >= 0.3 is 24.2 Å². The Labute approximate surface area is 532 Å². The van der Waals surface area contributed by atoms with Gasteiger partial charge in [-0.3, -0.25) is 48.7 Å². The summed E-state index contributed by atoms with van der Waals surface area (Å²) in [7, 11) is 4.30. The average molecular weight is 1290 g/mol. The number of nitrogens with one attached hydrogen (secondary N) is 5. The number of benzene rings is 2. The summed E-state index contributed by atoms with van der Waals surface area (Å²) < 4.78 is 46.4. The maximum absolute atomic E-state index is 14.4. The van der Waals surface area contributed by atoms with E-state index >= 15 is 0 Å². The molecule has 2 aromatic rings. The Balaban J connectivity index is 1.02. The van der Waals surface area contributed by atoms with Crippen LogP contribution in [-0.4, -0.2) is 195 Å². The highest BCUT2D eigenvalue weighted by atomic mass is 35.5. The number of anilines is 2. The fourth-order valence-electron chi connectivity index (χ4n) is 11.3. The molecule has 4 bridgehead atoms. The highest BCUT2D eigenvalue weighted by Crippen LogP contribution is 2.51. The molecule has 498 valence electrons. The summed E-state index contributed by atoms with van der Waals surface area (Å²) in [6.45, 7) is 12.4. The standard InChI is InChI=1S/C62H84ClN9O19/c1-34(2)52(68-47(73)21-24-86-26-27-87-25-23-71-48(74)19-20-49(71)75)55(78)67-40(12-11-22-65-57(64)80)54(77)66-39-15-13-37(14-16-39)33-88-59(82)72-44-17-18-45(85-10)62(83)32-43(89-58(81)69-62)36(5)53-61(7,91-53)46(90-56(79)35(3)4)30-50(76)70(8)41-28-38(31-60(44,72)6)29-42(84-9)51(41)63/h13-20,28-29,34-36,40,43-46,52-53,83H,11-12,21-27,30-33H2,1-10H3,(H,66,77)(H,67,78)(H,68,73)(H,69,81)(H3,64,65,80)/b18-17+/t36?,40-,43?,44?,45?,46?,52-,53-,60?,61-,62+,72?/m0/s1. The van der Waals surface area contributed by atoms with E-state index in [9.17, 15) is 53.1 Å². The lowest BCUT2D eigenvalue weighted by Crippen LogP contribution is -2.63. The van der Waals surface area contributed by atoms with Gasteiger partial charge in [0.2, 0.25) is 23.6 Å². The van der Waals surface area contributed by atoms with Crippen LogP contribution < -0.4 is 42.0 Å². The Morgan fingerprint density at radius 3 is 2.23 bits per heavy atom. The van der Waals surface area contributed by atoms with Crippen LogP contribution in [0.4, 0.5) is 25.8 Å². The number of primary amides is 1. The number of nitrogens with two attached hydrogens (primary N) is 1. The summed E-state index contributed by atoms with van der Waals surface area (Å²) in [6.07, 6.45) is -0.196. The normalized spacial score (nSPS) is 26.3. The van der Waals surface area contributed by atoms with Gasteiger partial charge in [-0.25, -0.2) is 14.4 Å². The number of esters is 1. The topological polar surface area (TPSA) is 364 Å². The van der Waals surface area contributed by atoms with Crippen LogP contribution in [0.1, 0.15) is 91.7 Å². The van der Waals surface area contributed by atoms with Crippen molar-refractivity contribution < 1.29 is 90.9 Å². The minimum atomic E-state index is -2.04. The van der Waals surface area contributed by atoms with Crippen molar-refractivity contribution in [2.45, 2.75) is 153 Å². The molecule has 6 unspecified atom stereocenters. The molecular formula is C62H84ClN9O19. The number of fused-ring (bicyclic) bond motifs is 6. The van der Waals surface area contributed by atoms with Gasteiger partial charge in [0.15, 0.2) is 5.72 Å². The SMILES string of the molecule is COc1cc2cc(c1Cl)N(C)C(=O)CC(OC(=O)C(C)C)[C@]1(C)O[C@H]1C(C)C1C[C@](O)(NC(=O)O1)C(OC)/C=C/C1N(C(=O)OCc3ccc(NC(=O)[C@H](CCCNC(N)=O)NC(=O)[C@@H](NC(=O)CCOCCOCCN4C(=O)C=CC4=O)C(C)C)cc3)C1(C)C2. The first kappa shape index (κ1) is 70.6. The number of ether oxygens (including phenoxy) is 8. The van der Waals surface area contributed by atoms with Gasteiger partial charge in [0.05, 0.1) is 75.8 Å². The Morgan fingerprint density at radius 2 is 1.59 bits per heavy atom. The van der Waals surface area contributed by atoms with Gasteiger partial charge in [-0.1, -0.05) is 70.5 Å². The van der Waals surface area contributed by atoms with E-state index in [0.29, 0.717) is 16.8 Å². The zero-order chi connectivity index (χ0) is 66.7. The first-order valence-corrected chi connectivity index (χ1v) is 30.5. The summed E-state index contributed by atoms with van der Waals surface area (Å²) in [4.78, 5) is 135. The Hall–Kier alpha value is -7.89. The van der Waals surface area contributed by atoms with Crippen molar-refractivity contribution >= 4 is 82.6 Å². The Bertz CT molecular complexity index is 3090. The summed E-state index contributed by atoms with van der Waals surface area (Å²) in [5.41, 5.74) is 2.67. The quantitative estimate of drug-likeness (QED) is 0.0187. The van der Waals surface area contributed by atoms with E-state index in [1.54, 1.807) is 90.1 Å². The molecule has 0 saturated carbocycles. The predicted octanol–water partition coefficient (Wildman–Crippen LogP) is 3.52. The second kappa shape index (κ2) is 30.5. The van der Waals surface area contributed by atoms with Crippen LogP contribution in [0.15, 0.2) is 60.7 Å². The van der Waals surface area contributed by atoms with E-state index in [-0.39, 0.29) is 101 Å². The third-order valence-electron chi connectivity index (χ3n) is 16.8. The van der Waals surface area contributed by atoms with Crippen molar-refractivity contribution in [2.24, 2.45) is 23.5 Å². The summed E-state index contributed by atoms with van der Waals surface area (Å²) in [6, 6.07) is 6.10. The highest BCUT2D eigenvalue weighted by Gasteiger charge is 2.65. The van der Waals surface area contributed by atoms with E-state index in [1.165, 1.54) is 43.2 Å². The first-order valence-electron chi connectivity index (χ1n) is 30.2. The minimum absolute atomic E-state index is 0.000348. The second-order valence-electron chi connectivity index (χ2n) is 24.2. The van der Waals surface area contributed by atoms with Crippen molar-refractivity contribution in [3.63, 3.8) is 0 Å². The fraction of sp³-hybridized carbons (Fsp3) is 0.581. The zero-order valence-electron chi connectivity index (χ0n) is 52.8. The molecule has 91 heavy (non-hydrogen) atoms. The molecule has 5 heterocycles. The number of nitrogens with zero attached hydrogens (tertiary/aromatic N) is 3. The lowest BCUT2D eigenvalue weighted by Gasteiger charge is -2.42. The van der Waals surface area contributed by atoms with Crippen molar-refractivity contribution in [1.29, 1.82) is 0 Å². The molecule has 28 nitrogen and oxygen atoms in total. The van der Waals surface area contributed by atoms with E-state index < -0.39 is 137 Å². The molecule has 5 aliphatic heterocycles. The number of imide groups is 1. The number of hydrogen-bond acceptors (Lipinski definition) is 19. The van der Waals surface area contributed by atoms with Gasteiger partial charge in [0, 0.05) is 57.3 Å². The molecule has 3 saturated heterocycles. The molecule has 3 fully saturated rings. The molecule has 0 spiro atoms. The second-order valence-corrected chi connectivity index (χ2v) is 24.6. The summed E-state index contributed by atoms with van der Waals surface area (Å²) >= 11 is 6.93. The van der Waals surface area contributed by atoms with E-state index in [0.717, 1.165) is 4.90 Å². The molecule has 10 amide bonds. The molecular weight excluding hydrogens is 1210 g/mol. The van der Waals surface area contributed by atoms with E-state index in [2.05, 4.69) is 26.6 Å². The number of carbonyl (C=O) groups is 10. The van der Waals surface area contributed by atoms with Crippen LogP contribution in [0.3, 0.4) is 0 Å². The van der Waals surface area contributed by atoms with Crippen LogP contribution in [-0.2, 0) is 79.7 Å². The van der Waals surface area contributed by atoms with E-state index in [1.807, 2.05) is 6.92 Å². The lowest BCUT2D eigenvalue weighted by atomic mass is 9.83. The van der Waals surface area contributed by atoms with Crippen LogP contribution in [0.25, 0.3) is 0 Å². The van der Waals surface area contributed by atoms with Crippen LogP contribution >= 0.6 is 11.6 Å². The predicted molar refractivity (Wildman–Crippen MR) is 327 cm³/mol. The molecule has 0 aromatic heterocycles. The molecule has 8 N–H and O–H groups in total. The van der Waals surface area contributed by atoms with Gasteiger partial charge in [0.25, 0.3) is 11.8 Å². The number of halogens is 1. The molecule has 5 aliphatic rings. The molecule has 0 aliphatic carbocycles. The molecule has 0 radical (unpaired) electrons. The lowest BCUT2D eigenvalue weighted by molar-refractivity contribution is -0.157. The number of amides is 10. The third kappa shape index (κ3) is 17.6. The number of urea groups is 1. The van der Waals surface area contributed by atoms with Gasteiger partial charge in [-0.05, 0) is 74.4 Å². The molecule has 7 rings (SSSR count). The fourth-order valence-corrected chi connectivity index (χ4v) is 11.6.